The Balaban J connectivity index is 2.42. The van der Waals surface area contributed by atoms with E-state index >= 15 is 0 Å². The number of allylic oxidation sites excluding steroid dienone is 1. The summed E-state index contributed by atoms with van der Waals surface area (Å²) in [4.78, 5) is 8.59. The highest BCUT2D eigenvalue weighted by Crippen LogP contribution is 2.26. The van der Waals surface area contributed by atoms with Crippen LogP contribution >= 0.6 is 0 Å². The molecule has 4 nitrogen and oxygen atoms in total. The molecule has 0 fully saturated rings. The summed E-state index contributed by atoms with van der Waals surface area (Å²) in [6.45, 7) is 9.40. The first-order valence-corrected chi connectivity index (χ1v) is 7.00. The SMILES string of the molecule is C=C(C)C(=N)Oc1ccc(C)c(/C(=C\C)c2ccncc2)n1. The van der Waals surface area contributed by atoms with E-state index in [4.69, 9.17) is 10.1 Å². The van der Waals surface area contributed by atoms with Gasteiger partial charge in [-0.25, -0.2) is 4.98 Å². The third-order valence-electron chi connectivity index (χ3n) is 3.20. The van der Waals surface area contributed by atoms with Crippen LogP contribution in [0.4, 0.5) is 0 Å². The summed E-state index contributed by atoms with van der Waals surface area (Å²) in [6.07, 6.45) is 5.52. The fourth-order valence-electron chi connectivity index (χ4n) is 2.00. The zero-order valence-corrected chi connectivity index (χ0v) is 13.1. The normalized spacial score (nSPS) is 11.1. The van der Waals surface area contributed by atoms with Gasteiger partial charge in [-0.1, -0.05) is 18.7 Å². The zero-order chi connectivity index (χ0) is 16.1. The molecule has 2 rings (SSSR count). The lowest BCUT2D eigenvalue weighted by atomic mass is 10.00. The molecule has 22 heavy (non-hydrogen) atoms. The minimum absolute atomic E-state index is 0.0215. The van der Waals surface area contributed by atoms with Gasteiger partial charge in [-0.15, -0.1) is 0 Å². The molecular formula is C18H19N3O. The maximum absolute atomic E-state index is 7.74. The second kappa shape index (κ2) is 6.80. The van der Waals surface area contributed by atoms with Crippen LogP contribution in [-0.4, -0.2) is 15.9 Å². The highest BCUT2D eigenvalue weighted by Gasteiger charge is 2.11. The van der Waals surface area contributed by atoms with Crippen molar-refractivity contribution in [2.75, 3.05) is 0 Å². The van der Waals surface area contributed by atoms with Crippen molar-refractivity contribution in [2.24, 2.45) is 0 Å². The molecule has 1 N–H and O–H groups in total. The van der Waals surface area contributed by atoms with E-state index < -0.39 is 0 Å². The van der Waals surface area contributed by atoms with Crippen molar-refractivity contribution in [3.63, 3.8) is 0 Å². The minimum atomic E-state index is 0.0215. The lowest BCUT2D eigenvalue weighted by Gasteiger charge is -2.12. The second-order valence-corrected chi connectivity index (χ2v) is 4.96. The van der Waals surface area contributed by atoms with Crippen LogP contribution in [0.3, 0.4) is 0 Å². The summed E-state index contributed by atoms with van der Waals surface area (Å²) in [5.74, 6) is 0.412. The minimum Gasteiger partial charge on any atom is -0.421 e. The molecule has 0 radical (unpaired) electrons. The molecule has 0 saturated heterocycles. The van der Waals surface area contributed by atoms with Crippen LogP contribution in [0.2, 0.25) is 0 Å². The van der Waals surface area contributed by atoms with Gasteiger partial charge in [-0.3, -0.25) is 10.4 Å². The molecule has 112 valence electrons. The average molecular weight is 293 g/mol. The van der Waals surface area contributed by atoms with Gasteiger partial charge in [0.1, 0.15) is 0 Å². The second-order valence-electron chi connectivity index (χ2n) is 4.96. The fraction of sp³-hybridized carbons (Fsp3) is 0.167. The van der Waals surface area contributed by atoms with E-state index in [2.05, 4.69) is 16.5 Å². The van der Waals surface area contributed by atoms with Crippen molar-refractivity contribution in [2.45, 2.75) is 20.8 Å². The van der Waals surface area contributed by atoms with Crippen LogP contribution in [0, 0.1) is 12.3 Å². The van der Waals surface area contributed by atoms with Crippen LogP contribution in [-0.2, 0) is 0 Å². The summed E-state index contributed by atoms with van der Waals surface area (Å²) < 4.78 is 5.44. The van der Waals surface area contributed by atoms with Gasteiger partial charge < -0.3 is 4.74 Å². The van der Waals surface area contributed by atoms with Crippen LogP contribution < -0.4 is 4.74 Å². The van der Waals surface area contributed by atoms with Gasteiger partial charge in [0.25, 0.3) is 0 Å². The van der Waals surface area contributed by atoms with Crippen LogP contribution in [0.1, 0.15) is 30.7 Å². The fourth-order valence-corrected chi connectivity index (χ4v) is 2.00. The van der Waals surface area contributed by atoms with Gasteiger partial charge in [0, 0.05) is 29.6 Å². The molecule has 0 unspecified atom stereocenters. The smallest absolute Gasteiger partial charge is 0.221 e. The van der Waals surface area contributed by atoms with Gasteiger partial charge in [0.2, 0.25) is 11.8 Å². The monoisotopic (exact) mass is 293 g/mol. The van der Waals surface area contributed by atoms with Crippen molar-refractivity contribution in [3.05, 3.63) is 71.7 Å². The molecule has 0 bridgehead atoms. The van der Waals surface area contributed by atoms with Gasteiger partial charge in [0.05, 0.1) is 5.69 Å². The number of ether oxygens (including phenoxy) is 1. The topological polar surface area (TPSA) is 58.9 Å². The largest absolute Gasteiger partial charge is 0.421 e. The number of hydrogen-bond donors (Lipinski definition) is 1. The van der Waals surface area contributed by atoms with E-state index in [1.54, 1.807) is 25.4 Å². The number of aromatic nitrogens is 2. The van der Waals surface area contributed by atoms with Crippen molar-refractivity contribution in [1.82, 2.24) is 9.97 Å². The Morgan fingerprint density at radius 3 is 2.50 bits per heavy atom. The van der Waals surface area contributed by atoms with Gasteiger partial charge in [0.15, 0.2) is 0 Å². The number of nitrogens with one attached hydrogen (secondary N) is 1. The highest BCUT2D eigenvalue weighted by atomic mass is 16.5. The molecule has 0 aromatic carbocycles. The Kier molecular flexibility index (Phi) is 4.84. The Labute approximate surface area is 130 Å². The van der Waals surface area contributed by atoms with E-state index in [0.29, 0.717) is 11.5 Å². The van der Waals surface area contributed by atoms with Crippen molar-refractivity contribution in [1.29, 1.82) is 5.41 Å². The predicted octanol–water partition coefficient (Wildman–Crippen LogP) is 4.17. The van der Waals surface area contributed by atoms with E-state index in [0.717, 1.165) is 22.4 Å². The number of aryl methyl sites for hydroxylation is 1. The van der Waals surface area contributed by atoms with Gasteiger partial charge >= 0.3 is 0 Å². The first-order valence-electron chi connectivity index (χ1n) is 7.00. The molecule has 2 heterocycles. The van der Waals surface area contributed by atoms with Gasteiger partial charge in [-0.2, -0.15) is 0 Å². The van der Waals surface area contributed by atoms with Crippen molar-refractivity contribution in [3.8, 4) is 5.88 Å². The summed E-state index contributed by atoms with van der Waals surface area (Å²) in [5.41, 5.74) is 4.48. The number of pyridine rings is 2. The Morgan fingerprint density at radius 1 is 1.23 bits per heavy atom. The van der Waals surface area contributed by atoms with E-state index in [-0.39, 0.29) is 5.90 Å². The molecule has 2 aromatic heterocycles. The van der Waals surface area contributed by atoms with Crippen LogP contribution in [0.25, 0.3) is 5.57 Å². The molecule has 0 saturated carbocycles. The summed E-state index contributed by atoms with van der Waals surface area (Å²) in [5, 5.41) is 7.74. The molecule has 0 aliphatic rings. The zero-order valence-electron chi connectivity index (χ0n) is 13.1. The first kappa shape index (κ1) is 15.6. The quantitative estimate of drug-likeness (QED) is 0.680. The third kappa shape index (κ3) is 3.47. The van der Waals surface area contributed by atoms with E-state index in [1.807, 2.05) is 38.1 Å². The van der Waals surface area contributed by atoms with Gasteiger partial charge in [-0.05, 0) is 44.0 Å². The summed E-state index contributed by atoms with van der Waals surface area (Å²) >= 11 is 0. The molecule has 0 spiro atoms. The number of rotatable bonds is 4. The first-order chi connectivity index (χ1) is 10.5. The van der Waals surface area contributed by atoms with Crippen LogP contribution in [0.15, 0.2) is 54.9 Å². The molecule has 0 aliphatic carbocycles. The third-order valence-corrected chi connectivity index (χ3v) is 3.20. The molecule has 2 aromatic rings. The molecular weight excluding hydrogens is 274 g/mol. The highest BCUT2D eigenvalue weighted by molar-refractivity contribution is 5.91. The van der Waals surface area contributed by atoms with E-state index in [9.17, 15) is 0 Å². The summed E-state index contributed by atoms with van der Waals surface area (Å²) in [7, 11) is 0. The molecule has 0 aliphatic heterocycles. The number of hydrogen-bond acceptors (Lipinski definition) is 4. The maximum atomic E-state index is 7.74. The Bertz CT molecular complexity index is 733. The lowest BCUT2D eigenvalue weighted by Crippen LogP contribution is -2.09. The van der Waals surface area contributed by atoms with Crippen LogP contribution in [0.5, 0.6) is 5.88 Å². The Hall–Kier alpha value is -2.75. The van der Waals surface area contributed by atoms with Crippen molar-refractivity contribution < 1.29 is 4.74 Å². The maximum Gasteiger partial charge on any atom is 0.221 e. The molecule has 0 amide bonds. The molecule has 0 atom stereocenters. The lowest BCUT2D eigenvalue weighted by molar-refractivity contribution is 0.522. The predicted molar refractivity (Wildman–Crippen MR) is 89.1 cm³/mol. The standard InChI is InChI=1S/C18H19N3O/c1-5-15(14-8-10-20-11-9-14)17-13(4)6-7-16(21-17)22-18(19)12(2)3/h5-11,19H,2H2,1,3-4H3/b15-5-,19-18?. The molecule has 4 heteroatoms. The number of nitrogens with zero attached hydrogens (tertiary/aromatic N) is 2. The Morgan fingerprint density at radius 2 is 1.91 bits per heavy atom. The average Bonchev–Trinajstić information content (AvgIpc) is 2.52. The summed E-state index contributed by atoms with van der Waals surface area (Å²) in [6, 6.07) is 7.59. The van der Waals surface area contributed by atoms with E-state index in [1.165, 1.54) is 0 Å². The van der Waals surface area contributed by atoms with Crippen molar-refractivity contribution >= 4 is 11.5 Å².